The third-order valence-electron chi connectivity index (χ3n) is 0.896. The lowest BCUT2D eigenvalue weighted by atomic mass is 10.6. The predicted molar refractivity (Wildman–Crippen MR) is 48.4 cm³/mol. The summed E-state index contributed by atoms with van der Waals surface area (Å²) >= 11 is 12.2. The molecule has 0 amide bonds. The van der Waals surface area contributed by atoms with Crippen LogP contribution < -0.4 is 5.32 Å². The fraction of sp³-hybridized carbons (Fsp3) is 0.200. The van der Waals surface area contributed by atoms with Crippen LogP contribution in [0.3, 0.4) is 0 Å². The van der Waals surface area contributed by atoms with Crippen LogP contribution in [-0.4, -0.2) is 15.3 Å². The molecule has 1 aromatic rings. The zero-order chi connectivity index (χ0) is 8.27. The van der Waals surface area contributed by atoms with Gasteiger partial charge in [0.2, 0.25) is 0 Å². The minimum atomic E-state index is 0.368. The van der Waals surface area contributed by atoms with Crippen LogP contribution in [-0.2, 0) is 0 Å². The van der Waals surface area contributed by atoms with Crippen molar-refractivity contribution in [3.05, 3.63) is 16.8 Å². The Morgan fingerprint density at radius 2 is 2.36 bits per heavy atom. The van der Waals surface area contributed by atoms with Gasteiger partial charge in [-0.05, 0) is 0 Å². The Labute approximate surface area is 78.4 Å². The Kier molecular flexibility index (Phi) is 3.11. The van der Waals surface area contributed by atoms with E-state index in [0.29, 0.717) is 22.5 Å². The second-order valence-electron chi connectivity index (χ2n) is 1.77. The second-order valence-corrected chi connectivity index (χ2v) is 3.20. The monoisotopic (exact) mass is 209 g/mol. The van der Waals surface area contributed by atoms with Crippen LogP contribution in [0.5, 0.6) is 0 Å². The minimum Gasteiger partial charge on any atom is -0.362 e. The lowest BCUT2D eigenvalue weighted by molar-refractivity contribution is 1.28. The van der Waals surface area contributed by atoms with Crippen molar-refractivity contribution in [2.45, 2.75) is 0 Å². The van der Waals surface area contributed by atoms with Gasteiger partial charge in [-0.1, -0.05) is 29.8 Å². The Morgan fingerprint density at radius 1 is 1.64 bits per heavy atom. The number of rotatable bonds is 3. The number of hydrogen-bond donors (Lipinski definition) is 1. The van der Waals surface area contributed by atoms with Crippen molar-refractivity contribution in [3.63, 3.8) is 0 Å². The third kappa shape index (κ3) is 2.65. The van der Waals surface area contributed by atoms with Gasteiger partial charge in [0.1, 0.15) is 0 Å². The summed E-state index contributed by atoms with van der Waals surface area (Å²) in [6.45, 7) is 3.95. The molecule has 1 heterocycles. The van der Waals surface area contributed by atoms with Gasteiger partial charge >= 0.3 is 0 Å². The van der Waals surface area contributed by atoms with E-state index in [2.05, 4.69) is 20.6 Å². The number of anilines is 1. The molecular formula is C5H5Cl2N3S. The molecule has 11 heavy (non-hydrogen) atoms. The highest BCUT2D eigenvalue weighted by atomic mass is 35.5. The van der Waals surface area contributed by atoms with E-state index in [4.69, 9.17) is 23.2 Å². The van der Waals surface area contributed by atoms with Crippen molar-refractivity contribution in [1.82, 2.24) is 8.75 Å². The Hall–Kier alpha value is -0.320. The minimum absolute atomic E-state index is 0.368. The molecule has 60 valence electrons. The van der Waals surface area contributed by atoms with Crippen molar-refractivity contribution < 1.29 is 0 Å². The Balaban J connectivity index is 2.51. The maximum Gasteiger partial charge on any atom is 0.186 e. The molecule has 0 unspecified atom stereocenters. The highest BCUT2D eigenvalue weighted by Gasteiger charge is 2.02. The third-order valence-corrected chi connectivity index (χ3v) is 1.92. The maximum absolute atomic E-state index is 5.62. The van der Waals surface area contributed by atoms with Gasteiger partial charge in [-0.15, -0.1) is 0 Å². The van der Waals surface area contributed by atoms with Crippen LogP contribution in [0.15, 0.2) is 11.6 Å². The second kappa shape index (κ2) is 3.90. The van der Waals surface area contributed by atoms with E-state index in [1.165, 1.54) is 0 Å². The highest BCUT2D eigenvalue weighted by molar-refractivity contribution is 6.99. The summed E-state index contributed by atoms with van der Waals surface area (Å²) in [5, 5.41) is 3.74. The molecule has 0 spiro atoms. The first-order valence-corrected chi connectivity index (χ1v) is 4.24. The molecule has 0 fully saturated rings. The predicted octanol–water partition coefficient (Wildman–Crippen LogP) is 2.36. The molecule has 1 aromatic heterocycles. The van der Waals surface area contributed by atoms with E-state index >= 15 is 0 Å². The first-order valence-electron chi connectivity index (χ1n) is 2.75. The molecule has 0 aliphatic heterocycles. The van der Waals surface area contributed by atoms with E-state index in [0.717, 1.165) is 11.7 Å². The Bertz CT molecular complexity index is 260. The van der Waals surface area contributed by atoms with Crippen LogP contribution in [0, 0.1) is 0 Å². The number of halogens is 2. The molecule has 0 aliphatic carbocycles. The smallest absolute Gasteiger partial charge is 0.186 e. The van der Waals surface area contributed by atoms with Crippen LogP contribution in [0.2, 0.25) is 5.15 Å². The summed E-state index contributed by atoms with van der Waals surface area (Å²) in [4.78, 5) is 0. The molecule has 0 atom stereocenters. The molecule has 0 aliphatic rings. The molecule has 0 radical (unpaired) electrons. The fourth-order valence-corrected chi connectivity index (χ4v) is 1.21. The summed E-state index contributed by atoms with van der Waals surface area (Å²) in [5.41, 5.74) is 0. The fourth-order valence-electron chi connectivity index (χ4n) is 0.463. The number of hydrogen-bond acceptors (Lipinski definition) is 4. The molecule has 1 rings (SSSR count). The highest BCUT2D eigenvalue weighted by Crippen LogP contribution is 2.17. The lowest BCUT2D eigenvalue weighted by Gasteiger charge is -1.98. The Morgan fingerprint density at radius 3 is 2.82 bits per heavy atom. The molecule has 0 bridgehead atoms. The quantitative estimate of drug-likeness (QED) is 0.831. The number of aromatic nitrogens is 2. The summed E-state index contributed by atoms with van der Waals surface area (Å²) in [6, 6.07) is 0. The largest absolute Gasteiger partial charge is 0.362 e. The van der Waals surface area contributed by atoms with Gasteiger partial charge in [-0.25, -0.2) is 0 Å². The van der Waals surface area contributed by atoms with Crippen LogP contribution >= 0.6 is 34.9 Å². The summed E-state index contributed by atoms with van der Waals surface area (Å²) in [6.07, 6.45) is 0. The van der Waals surface area contributed by atoms with E-state index in [1.807, 2.05) is 0 Å². The molecule has 1 N–H and O–H groups in total. The van der Waals surface area contributed by atoms with Crippen molar-refractivity contribution in [1.29, 1.82) is 0 Å². The average molecular weight is 210 g/mol. The van der Waals surface area contributed by atoms with E-state index in [-0.39, 0.29) is 0 Å². The molecule has 3 nitrogen and oxygen atoms in total. The van der Waals surface area contributed by atoms with Gasteiger partial charge in [0.05, 0.1) is 18.3 Å². The van der Waals surface area contributed by atoms with Gasteiger partial charge in [-0.2, -0.15) is 8.75 Å². The van der Waals surface area contributed by atoms with Crippen molar-refractivity contribution in [3.8, 4) is 0 Å². The number of nitrogens with one attached hydrogen (secondary N) is 1. The summed E-state index contributed by atoms with van der Waals surface area (Å²) < 4.78 is 7.63. The summed E-state index contributed by atoms with van der Waals surface area (Å²) in [7, 11) is 0. The van der Waals surface area contributed by atoms with E-state index < -0.39 is 0 Å². The molecule has 6 heteroatoms. The van der Waals surface area contributed by atoms with Crippen LogP contribution in [0.25, 0.3) is 0 Å². The lowest BCUT2D eigenvalue weighted by Crippen LogP contribution is -2.00. The topological polar surface area (TPSA) is 37.8 Å². The van der Waals surface area contributed by atoms with Crippen molar-refractivity contribution in [2.75, 3.05) is 11.9 Å². The molecular weight excluding hydrogens is 205 g/mol. The van der Waals surface area contributed by atoms with E-state index in [1.54, 1.807) is 0 Å². The SMILES string of the molecule is C=C(Cl)CNc1nsnc1Cl. The average Bonchev–Trinajstić information content (AvgIpc) is 2.31. The maximum atomic E-state index is 5.62. The first-order chi connectivity index (χ1) is 5.20. The van der Waals surface area contributed by atoms with Crippen molar-refractivity contribution >= 4 is 40.7 Å². The van der Waals surface area contributed by atoms with Crippen LogP contribution in [0.4, 0.5) is 5.82 Å². The number of nitrogens with zero attached hydrogens (tertiary/aromatic N) is 2. The molecule has 0 saturated carbocycles. The normalized spacial score (nSPS) is 9.64. The molecule has 0 aromatic carbocycles. The zero-order valence-electron chi connectivity index (χ0n) is 5.47. The van der Waals surface area contributed by atoms with Gasteiger partial charge in [0.15, 0.2) is 11.0 Å². The standard InChI is InChI=1S/C5H5Cl2N3S/c1-3(6)2-8-5-4(7)9-11-10-5/h1-2H2,(H,8,10). The van der Waals surface area contributed by atoms with Gasteiger partial charge < -0.3 is 5.32 Å². The first kappa shape index (κ1) is 8.77. The zero-order valence-corrected chi connectivity index (χ0v) is 7.80. The summed E-state index contributed by atoms with van der Waals surface area (Å²) in [5.74, 6) is 0.554. The van der Waals surface area contributed by atoms with Gasteiger partial charge in [0.25, 0.3) is 0 Å². The van der Waals surface area contributed by atoms with E-state index in [9.17, 15) is 0 Å². The van der Waals surface area contributed by atoms with Crippen molar-refractivity contribution in [2.24, 2.45) is 0 Å². The van der Waals surface area contributed by atoms with Gasteiger partial charge in [-0.3, -0.25) is 0 Å². The van der Waals surface area contributed by atoms with Gasteiger partial charge in [0, 0.05) is 5.03 Å². The molecule has 0 saturated heterocycles. The van der Waals surface area contributed by atoms with Crippen LogP contribution in [0.1, 0.15) is 0 Å².